The van der Waals surface area contributed by atoms with Crippen molar-refractivity contribution in [3.05, 3.63) is 71.0 Å². The van der Waals surface area contributed by atoms with E-state index >= 15 is 0 Å². The molecule has 0 unspecified atom stereocenters. The van der Waals surface area contributed by atoms with Gasteiger partial charge in [0.2, 0.25) is 5.96 Å². The summed E-state index contributed by atoms with van der Waals surface area (Å²) in [5, 5.41) is 9.01. The van der Waals surface area contributed by atoms with Gasteiger partial charge in [-0.2, -0.15) is 4.99 Å². The Balaban J connectivity index is 1.82. The zero-order valence-electron chi connectivity index (χ0n) is 17.4. The summed E-state index contributed by atoms with van der Waals surface area (Å²) in [6.45, 7) is 6.21. The molecule has 0 radical (unpaired) electrons. The summed E-state index contributed by atoms with van der Waals surface area (Å²) < 4.78 is 5.46. The van der Waals surface area contributed by atoms with Gasteiger partial charge >= 0.3 is 6.03 Å². The van der Waals surface area contributed by atoms with Gasteiger partial charge in [-0.25, -0.2) is 14.8 Å². The minimum Gasteiger partial charge on any atom is -0.494 e. The second kappa shape index (κ2) is 10.4. The van der Waals surface area contributed by atoms with Crippen molar-refractivity contribution in [3.8, 4) is 5.75 Å². The largest absolute Gasteiger partial charge is 0.494 e. The Morgan fingerprint density at radius 1 is 1.00 bits per heavy atom. The fourth-order valence-electron chi connectivity index (χ4n) is 2.72. The van der Waals surface area contributed by atoms with E-state index in [0.29, 0.717) is 23.0 Å². The van der Waals surface area contributed by atoms with Crippen molar-refractivity contribution in [2.24, 2.45) is 4.99 Å². The maximum absolute atomic E-state index is 12.5. The first-order valence-electron chi connectivity index (χ1n) is 9.65. The van der Waals surface area contributed by atoms with Crippen LogP contribution in [0.2, 0.25) is 5.02 Å². The minimum absolute atomic E-state index is 0.161. The third kappa shape index (κ3) is 6.97. The number of benzene rings is 2. The molecule has 0 spiro atoms. The second-order valence-corrected chi connectivity index (χ2v) is 7.02. The number of urea groups is 1. The van der Waals surface area contributed by atoms with Crippen LogP contribution in [-0.4, -0.2) is 28.6 Å². The van der Waals surface area contributed by atoms with Gasteiger partial charge in [-0.15, -0.1) is 0 Å². The van der Waals surface area contributed by atoms with Crippen LogP contribution < -0.4 is 20.7 Å². The van der Waals surface area contributed by atoms with Gasteiger partial charge < -0.3 is 15.4 Å². The number of amides is 2. The molecule has 1 aromatic heterocycles. The lowest BCUT2D eigenvalue weighted by Gasteiger charge is -2.13. The Morgan fingerprint density at radius 3 is 2.35 bits per heavy atom. The number of aryl methyl sites for hydroxylation is 2. The standard InChI is InChI=1S/C22H23ClN6O2/c1-4-31-19-10-8-17(9-11-19)26-21(28-20-24-14(2)12-15(3)25-20)29-22(30)27-18-7-5-6-16(23)13-18/h5-13H,4H2,1-3H3,(H3,24,25,26,27,28,29,30). The van der Waals surface area contributed by atoms with Gasteiger partial charge in [0.1, 0.15) is 5.75 Å². The maximum Gasteiger partial charge on any atom is 0.326 e. The number of halogens is 1. The van der Waals surface area contributed by atoms with Crippen molar-refractivity contribution < 1.29 is 9.53 Å². The number of ether oxygens (including phenoxy) is 1. The van der Waals surface area contributed by atoms with Crippen LogP contribution in [0.1, 0.15) is 18.3 Å². The molecule has 0 aliphatic rings. The van der Waals surface area contributed by atoms with E-state index in [1.54, 1.807) is 24.3 Å². The average Bonchev–Trinajstić information content (AvgIpc) is 2.69. The van der Waals surface area contributed by atoms with Crippen molar-refractivity contribution in [3.63, 3.8) is 0 Å². The van der Waals surface area contributed by atoms with E-state index in [-0.39, 0.29) is 11.9 Å². The quantitative estimate of drug-likeness (QED) is 0.381. The monoisotopic (exact) mass is 438 g/mol. The Kier molecular flexibility index (Phi) is 7.40. The number of carbonyl (C=O) groups is 1. The number of rotatable bonds is 5. The topological polar surface area (TPSA) is 101 Å². The van der Waals surface area contributed by atoms with E-state index in [4.69, 9.17) is 16.3 Å². The lowest BCUT2D eigenvalue weighted by Crippen LogP contribution is -2.38. The number of hydrogen-bond donors (Lipinski definition) is 3. The van der Waals surface area contributed by atoms with Crippen molar-refractivity contribution in [2.75, 3.05) is 17.2 Å². The number of nitrogens with zero attached hydrogens (tertiary/aromatic N) is 3. The molecular weight excluding hydrogens is 416 g/mol. The Morgan fingerprint density at radius 2 is 1.71 bits per heavy atom. The van der Waals surface area contributed by atoms with E-state index in [0.717, 1.165) is 17.1 Å². The van der Waals surface area contributed by atoms with E-state index in [2.05, 4.69) is 30.9 Å². The number of hydrogen-bond acceptors (Lipinski definition) is 5. The highest BCUT2D eigenvalue weighted by Crippen LogP contribution is 2.17. The summed E-state index contributed by atoms with van der Waals surface area (Å²) in [6, 6.07) is 15.5. The van der Waals surface area contributed by atoms with Crippen LogP contribution in [0.15, 0.2) is 59.6 Å². The predicted molar refractivity (Wildman–Crippen MR) is 123 cm³/mol. The Bertz CT molecular complexity index is 1070. The lowest BCUT2D eigenvalue weighted by atomic mass is 10.3. The summed E-state index contributed by atoms with van der Waals surface area (Å²) in [6.07, 6.45) is 0. The molecule has 160 valence electrons. The SMILES string of the molecule is CCOc1ccc(NC(=Nc2nc(C)cc(C)n2)NC(=O)Nc2cccc(Cl)c2)cc1. The van der Waals surface area contributed by atoms with Crippen LogP contribution >= 0.6 is 11.6 Å². The molecule has 0 atom stereocenters. The predicted octanol–water partition coefficient (Wildman–Crippen LogP) is 5.07. The summed E-state index contributed by atoms with van der Waals surface area (Å²) >= 11 is 5.98. The molecular formula is C22H23ClN6O2. The summed E-state index contributed by atoms with van der Waals surface area (Å²) in [5.41, 5.74) is 2.80. The maximum atomic E-state index is 12.5. The smallest absolute Gasteiger partial charge is 0.326 e. The lowest BCUT2D eigenvalue weighted by molar-refractivity contribution is 0.256. The van der Waals surface area contributed by atoms with E-state index in [1.807, 2.05) is 51.1 Å². The normalized spacial score (nSPS) is 11.0. The number of aromatic nitrogens is 2. The van der Waals surface area contributed by atoms with Crippen LogP contribution in [0.5, 0.6) is 5.75 Å². The molecule has 0 bridgehead atoms. The highest BCUT2D eigenvalue weighted by atomic mass is 35.5. The van der Waals surface area contributed by atoms with Gasteiger partial charge in [0.25, 0.3) is 5.95 Å². The highest BCUT2D eigenvalue weighted by molar-refractivity contribution is 6.30. The van der Waals surface area contributed by atoms with Gasteiger partial charge in [-0.3, -0.25) is 5.32 Å². The number of guanidine groups is 1. The van der Waals surface area contributed by atoms with Gasteiger partial charge in [0, 0.05) is 27.8 Å². The highest BCUT2D eigenvalue weighted by Gasteiger charge is 2.10. The molecule has 3 rings (SSSR count). The molecule has 9 heteroatoms. The molecule has 31 heavy (non-hydrogen) atoms. The van der Waals surface area contributed by atoms with Crippen molar-refractivity contribution in [2.45, 2.75) is 20.8 Å². The van der Waals surface area contributed by atoms with Crippen LogP contribution in [-0.2, 0) is 0 Å². The summed E-state index contributed by atoms with van der Waals surface area (Å²) in [7, 11) is 0. The molecule has 2 aromatic carbocycles. The Labute approximate surface area is 185 Å². The van der Waals surface area contributed by atoms with Crippen molar-refractivity contribution >= 4 is 40.9 Å². The molecule has 3 aromatic rings. The van der Waals surface area contributed by atoms with E-state index in [9.17, 15) is 4.79 Å². The number of aliphatic imine (C=N–C) groups is 1. The molecule has 2 amide bonds. The van der Waals surface area contributed by atoms with E-state index in [1.165, 1.54) is 0 Å². The molecule has 1 heterocycles. The van der Waals surface area contributed by atoms with Gasteiger partial charge in [0.05, 0.1) is 6.61 Å². The van der Waals surface area contributed by atoms with Gasteiger partial charge in [-0.05, 0) is 69.3 Å². The van der Waals surface area contributed by atoms with Crippen LogP contribution in [0.3, 0.4) is 0 Å². The fraction of sp³-hybridized carbons (Fsp3) is 0.182. The molecule has 3 N–H and O–H groups in total. The van der Waals surface area contributed by atoms with E-state index < -0.39 is 6.03 Å². The minimum atomic E-state index is -0.496. The molecule has 0 saturated carbocycles. The first-order chi connectivity index (χ1) is 14.9. The number of anilines is 2. The molecule has 0 aliphatic heterocycles. The molecule has 0 saturated heterocycles. The molecule has 8 nitrogen and oxygen atoms in total. The third-order valence-corrected chi connectivity index (χ3v) is 4.16. The second-order valence-electron chi connectivity index (χ2n) is 6.58. The molecule has 0 fully saturated rings. The van der Waals surface area contributed by atoms with Gasteiger partial charge in [-0.1, -0.05) is 17.7 Å². The van der Waals surface area contributed by atoms with Crippen LogP contribution in [0.25, 0.3) is 0 Å². The molecule has 0 aliphatic carbocycles. The zero-order valence-corrected chi connectivity index (χ0v) is 18.2. The first-order valence-corrected chi connectivity index (χ1v) is 10.0. The summed E-state index contributed by atoms with van der Waals surface area (Å²) in [4.78, 5) is 25.5. The zero-order chi connectivity index (χ0) is 22.2. The van der Waals surface area contributed by atoms with Crippen LogP contribution in [0, 0.1) is 13.8 Å². The van der Waals surface area contributed by atoms with Crippen molar-refractivity contribution in [1.29, 1.82) is 0 Å². The number of carbonyl (C=O) groups excluding carboxylic acids is 1. The number of nitrogens with one attached hydrogen (secondary N) is 3. The van der Waals surface area contributed by atoms with Crippen LogP contribution in [0.4, 0.5) is 22.1 Å². The van der Waals surface area contributed by atoms with Gasteiger partial charge in [0.15, 0.2) is 0 Å². The average molecular weight is 439 g/mol. The summed E-state index contributed by atoms with van der Waals surface area (Å²) in [5.74, 6) is 1.14. The van der Waals surface area contributed by atoms with Crippen molar-refractivity contribution in [1.82, 2.24) is 15.3 Å². The first kappa shape index (κ1) is 22.0. The Hall–Kier alpha value is -3.65. The fourth-order valence-corrected chi connectivity index (χ4v) is 2.91. The third-order valence-electron chi connectivity index (χ3n) is 3.92.